The standard InChI is InChI=1S/C23H28O4/c1-23(2,19-7-3-5-17(9-19)11-24-13-21-15-26-21)20-8-4-6-18(10-20)12-25-14-22-16-27-22/h3-10,21-22H,11-16H2,1-2H3. The van der Waals surface area contributed by atoms with Gasteiger partial charge in [-0.1, -0.05) is 62.4 Å². The Bertz CT molecular complexity index is 699. The molecule has 0 amide bonds. The summed E-state index contributed by atoms with van der Waals surface area (Å²) in [7, 11) is 0. The maximum atomic E-state index is 5.75. The Morgan fingerprint density at radius 1 is 0.815 bits per heavy atom. The average Bonchev–Trinajstić information content (AvgIpc) is 3.58. The smallest absolute Gasteiger partial charge is 0.104 e. The Morgan fingerprint density at radius 2 is 1.26 bits per heavy atom. The van der Waals surface area contributed by atoms with Crippen LogP contribution in [0.3, 0.4) is 0 Å². The highest BCUT2D eigenvalue weighted by atomic mass is 16.6. The van der Waals surface area contributed by atoms with Crippen molar-refractivity contribution in [1.29, 1.82) is 0 Å². The van der Waals surface area contributed by atoms with Gasteiger partial charge in [-0.3, -0.25) is 0 Å². The zero-order valence-electron chi connectivity index (χ0n) is 16.1. The van der Waals surface area contributed by atoms with Crippen molar-refractivity contribution in [2.45, 2.75) is 44.7 Å². The lowest BCUT2D eigenvalue weighted by atomic mass is 9.77. The summed E-state index contributed by atoms with van der Waals surface area (Å²) in [5, 5.41) is 0. The first-order chi connectivity index (χ1) is 13.1. The SMILES string of the molecule is CC(C)(c1cccc(COCC2CO2)c1)c1cccc(COCC2CO2)c1. The highest BCUT2D eigenvalue weighted by molar-refractivity contribution is 5.40. The van der Waals surface area contributed by atoms with Gasteiger partial charge in [0, 0.05) is 5.41 Å². The molecule has 2 aromatic carbocycles. The summed E-state index contributed by atoms with van der Waals surface area (Å²) in [6.07, 6.45) is 0.613. The largest absolute Gasteiger partial charge is 0.374 e. The van der Waals surface area contributed by atoms with Gasteiger partial charge in [0.15, 0.2) is 0 Å². The molecule has 4 heteroatoms. The van der Waals surface area contributed by atoms with Gasteiger partial charge in [-0.15, -0.1) is 0 Å². The van der Waals surface area contributed by atoms with Gasteiger partial charge >= 0.3 is 0 Å². The summed E-state index contributed by atoms with van der Waals surface area (Å²) in [6.45, 7) is 8.82. The van der Waals surface area contributed by atoms with E-state index in [1.54, 1.807) is 0 Å². The highest BCUT2D eigenvalue weighted by Crippen LogP contribution is 2.32. The first-order valence-corrected chi connectivity index (χ1v) is 9.69. The fraction of sp³-hybridized carbons (Fsp3) is 0.478. The molecule has 2 saturated heterocycles. The molecule has 2 aliphatic heterocycles. The number of ether oxygens (including phenoxy) is 4. The van der Waals surface area contributed by atoms with Crippen molar-refractivity contribution >= 4 is 0 Å². The molecule has 2 fully saturated rings. The Hall–Kier alpha value is -1.72. The van der Waals surface area contributed by atoms with E-state index < -0.39 is 0 Å². The predicted molar refractivity (Wildman–Crippen MR) is 104 cm³/mol. The summed E-state index contributed by atoms with van der Waals surface area (Å²) in [5.74, 6) is 0. The highest BCUT2D eigenvalue weighted by Gasteiger charge is 2.25. The van der Waals surface area contributed by atoms with Crippen molar-refractivity contribution in [3.63, 3.8) is 0 Å². The van der Waals surface area contributed by atoms with E-state index in [4.69, 9.17) is 18.9 Å². The number of hydrogen-bond acceptors (Lipinski definition) is 4. The van der Waals surface area contributed by atoms with E-state index in [9.17, 15) is 0 Å². The zero-order chi connectivity index (χ0) is 18.7. The molecule has 4 rings (SSSR count). The van der Waals surface area contributed by atoms with Crippen LogP contribution in [0.25, 0.3) is 0 Å². The number of benzene rings is 2. The first-order valence-electron chi connectivity index (χ1n) is 9.69. The summed E-state index contributed by atoms with van der Waals surface area (Å²) in [4.78, 5) is 0. The maximum absolute atomic E-state index is 5.75. The molecule has 2 heterocycles. The van der Waals surface area contributed by atoms with Gasteiger partial charge in [0.1, 0.15) is 12.2 Å². The van der Waals surface area contributed by atoms with Crippen LogP contribution in [0.1, 0.15) is 36.1 Å². The van der Waals surface area contributed by atoms with Crippen LogP contribution in [-0.2, 0) is 37.6 Å². The van der Waals surface area contributed by atoms with Crippen molar-refractivity contribution in [2.75, 3.05) is 26.4 Å². The molecular formula is C23H28O4. The van der Waals surface area contributed by atoms with Crippen molar-refractivity contribution in [1.82, 2.24) is 0 Å². The molecule has 4 nitrogen and oxygen atoms in total. The Balaban J connectivity index is 1.42. The van der Waals surface area contributed by atoms with E-state index in [-0.39, 0.29) is 5.41 Å². The molecule has 27 heavy (non-hydrogen) atoms. The molecule has 2 unspecified atom stereocenters. The molecular weight excluding hydrogens is 340 g/mol. The van der Waals surface area contributed by atoms with E-state index >= 15 is 0 Å². The minimum absolute atomic E-state index is 0.0920. The maximum Gasteiger partial charge on any atom is 0.104 e. The monoisotopic (exact) mass is 368 g/mol. The van der Waals surface area contributed by atoms with Gasteiger partial charge in [-0.2, -0.15) is 0 Å². The lowest BCUT2D eigenvalue weighted by Crippen LogP contribution is -2.19. The number of rotatable bonds is 10. The molecule has 2 aliphatic rings. The van der Waals surface area contributed by atoms with Gasteiger partial charge in [0.2, 0.25) is 0 Å². The molecule has 0 spiro atoms. The van der Waals surface area contributed by atoms with Gasteiger partial charge in [-0.05, 0) is 22.3 Å². The third-order valence-corrected chi connectivity index (χ3v) is 5.25. The molecule has 2 aromatic rings. The third kappa shape index (κ3) is 5.17. The van der Waals surface area contributed by atoms with Crippen LogP contribution in [0.15, 0.2) is 48.5 Å². The van der Waals surface area contributed by atoms with Gasteiger partial charge in [-0.25, -0.2) is 0 Å². The predicted octanol–water partition coefficient (Wildman–Crippen LogP) is 3.84. The zero-order valence-corrected chi connectivity index (χ0v) is 16.1. The summed E-state index contributed by atoms with van der Waals surface area (Å²) in [5.41, 5.74) is 4.88. The third-order valence-electron chi connectivity index (χ3n) is 5.25. The van der Waals surface area contributed by atoms with E-state index in [1.165, 1.54) is 22.3 Å². The van der Waals surface area contributed by atoms with E-state index in [1.807, 2.05) is 0 Å². The second-order valence-corrected chi connectivity index (χ2v) is 7.97. The summed E-state index contributed by atoms with van der Waals surface area (Å²) < 4.78 is 21.9. The van der Waals surface area contributed by atoms with Crippen LogP contribution in [0.5, 0.6) is 0 Å². The van der Waals surface area contributed by atoms with Crippen molar-refractivity contribution in [3.8, 4) is 0 Å². The second kappa shape index (κ2) is 8.11. The van der Waals surface area contributed by atoms with E-state index in [2.05, 4.69) is 62.4 Å². The first kappa shape index (κ1) is 18.6. The van der Waals surface area contributed by atoms with Crippen molar-refractivity contribution < 1.29 is 18.9 Å². The second-order valence-electron chi connectivity index (χ2n) is 7.97. The van der Waals surface area contributed by atoms with Gasteiger partial charge in [0.05, 0.1) is 39.6 Å². The number of epoxide rings is 2. The van der Waals surface area contributed by atoms with Crippen LogP contribution >= 0.6 is 0 Å². The minimum Gasteiger partial charge on any atom is -0.374 e. The normalized spacial score (nSPS) is 21.3. The quantitative estimate of drug-likeness (QED) is 0.598. The van der Waals surface area contributed by atoms with Crippen LogP contribution in [0.2, 0.25) is 0 Å². The van der Waals surface area contributed by atoms with Crippen molar-refractivity contribution in [3.05, 3.63) is 70.8 Å². The van der Waals surface area contributed by atoms with Crippen LogP contribution in [-0.4, -0.2) is 38.6 Å². The molecule has 0 aromatic heterocycles. The van der Waals surface area contributed by atoms with E-state index in [0.717, 1.165) is 13.2 Å². The Labute approximate surface area is 161 Å². The van der Waals surface area contributed by atoms with Crippen LogP contribution < -0.4 is 0 Å². The Kier molecular flexibility index (Phi) is 5.60. The fourth-order valence-electron chi connectivity index (χ4n) is 3.21. The number of hydrogen-bond donors (Lipinski definition) is 0. The van der Waals surface area contributed by atoms with Gasteiger partial charge in [0.25, 0.3) is 0 Å². The van der Waals surface area contributed by atoms with Crippen LogP contribution in [0, 0.1) is 0 Å². The molecule has 0 bridgehead atoms. The van der Waals surface area contributed by atoms with Crippen LogP contribution in [0.4, 0.5) is 0 Å². The average molecular weight is 368 g/mol. The molecule has 0 radical (unpaired) electrons. The topological polar surface area (TPSA) is 43.5 Å². The Morgan fingerprint density at radius 3 is 1.67 bits per heavy atom. The molecule has 0 aliphatic carbocycles. The molecule has 0 saturated carbocycles. The molecule has 144 valence electrons. The molecule has 2 atom stereocenters. The molecule has 0 N–H and O–H groups in total. The summed E-state index contributed by atoms with van der Waals surface area (Å²) >= 11 is 0. The lowest BCUT2D eigenvalue weighted by Gasteiger charge is -2.27. The van der Waals surface area contributed by atoms with Crippen molar-refractivity contribution in [2.24, 2.45) is 0 Å². The van der Waals surface area contributed by atoms with Gasteiger partial charge < -0.3 is 18.9 Å². The summed E-state index contributed by atoms with van der Waals surface area (Å²) in [6, 6.07) is 17.4. The van der Waals surface area contributed by atoms with E-state index in [0.29, 0.717) is 38.6 Å². The minimum atomic E-state index is -0.0920. The fourth-order valence-corrected chi connectivity index (χ4v) is 3.21. The lowest BCUT2D eigenvalue weighted by molar-refractivity contribution is 0.104.